The van der Waals surface area contributed by atoms with Gasteiger partial charge in [0.05, 0.1) is 22.7 Å². The molecule has 160 valence electrons. The number of anilines is 1. The summed E-state index contributed by atoms with van der Waals surface area (Å²) in [4.78, 5) is 26.8. The Bertz CT molecular complexity index is 1140. The van der Waals surface area contributed by atoms with Crippen molar-refractivity contribution < 1.29 is 19.4 Å². The van der Waals surface area contributed by atoms with Crippen molar-refractivity contribution >= 4 is 63.5 Å². The lowest BCUT2D eigenvalue weighted by molar-refractivity contribution is -0.121. The van der Waals surface area contributed by atoms with Crippen LogP contribution in [-0.4, -0.2) is 27.8 Å². The van der Waals surface area contributed by atoms with Gasteiger partial charge >= 0.3 is 0 Å². The number of carbonyl (C=O) groups excluding carboxylic acids is 2. The van der Waals surface area contributed by atoms with E-state index in [9.17, 15) is 14.7 Å². The molecule has 2 N–H and O–H groups in total. The van der Waals surface area contributed by atoms with E-state index in [2.05, 4.69) is 5.32 Å². The van der Waals surface area contributed by atoms with E-state index in [1.54, 1.807) is 49.1 Å². The van der Waals surface area contributed by atoms with Crippen molar-refractivity contribution in [3.05, 3.63) is 63.0 Å². The minimum atomic E-state index is -1.11. The van der Waals surface area contributed by atoms with Crippen molar-refractivity contribution in [2.24, 2.45) is 0 Å². The van der Waals surface area contributed by atoms with Gasteiger partial charge in [-0.1, -0.05) is 47.7 Å². The molecule has 0 spiro atoms. The highest BCUT2D eigenvalue weighted by atomic mass is 35.5. The Kier molecular flexibility index (Phi) is 5.83. The summed E-state index contributed by atoms with van der Waals surface area (Å²) >= 11 is 12.5. The average molecular weight is 475 g/mol. The third-order valence-corrected chi connectivity index (χ3v) is 6.39. The van der Waals surface area contributed by atoms with Crippen LogP contribution < -0.4 is 15.0 Å². The van der Waals surface area contributed by atoms with Crippen molar-refractivity contribution in [3.8, 4) is 5.75 Å². The van der Waals surface area contributed by atoms with Crippen LogP contribution in [0.5, 0.6) is 5.75 Å². The first-order valence-corrected chi connectivity index (χ1v) is 11.1. The van der Waals surface area contributed by atoms with Crippen molar-refractivity contribution in [2.75, 3.05) is 11.5 Å². The van der Waals surface area contributed by atoms with E-state index in [1.807, 2.05) is 12.1 Å². The standard InChI is InChI=1S/C22H19ClN2O4S2/c1-22(2,28)14-7-13(3-5-15(14)23)10-25-16-8-12(4-6-17(16)29-11-19(25)26)9-18-20(27)24-21(30)31-18/h3-9,28H,10-11H2,1-2H3,(H,24,27,30). The number of nitrogens with zero attached hydrogens (tertiary/aromatic N) is 1. The second-order valence-electron chi connectivity index (χ2n) is 7.72. The molecule has 1 saturated heterocycles. The van der Waals surface area contributed by atoms with Gasteiger partial charge in [-0.2, -0.15) is 0 Å². The zero-order valence-electron chi connectivity index (χ0n) is 16.8. The van der Waals surface area contributed by atoms with Crippen LogP contribution in [0.1, 0.15) is 30.5 Å². The lowest BCUT2D eigenvalue weighted by atomic mass is 9.96. The molecule has 4 rings (SSSR count). The van der Waals surface area contributed by atoms with E-state index in [-0.39, 0.29) is 25.0 Å². The Morgan fingerprint density at radius 1 is 1.29 bits per heavy atom. The molecule has 2 aromatic carbocycles. The Morgan fingerprint density at radius 2 is 2.06 bits per heavy atom. The largest absolute Gasteiger partial charge is 0.482 e. The summed E-state index contributed by atoms with van der Waals surface area (Å²) in [6.07, 6.45) is 1.73. The summed E-state index contributed by atoms with van der Waals surface area (Å²) < 4.78 is 6.00. The molecule has 0 saturated carbocycles. The van der Waals surface area contributed by atoms with Crippen LogP contribution in [-0.2, 0) is 21.7 Å². The van der Waals surface area contributed by atoms with Crippen LogP contribution in [0.4, 0.5) is 5.69 Å². The molecule has 0 aliphatic carbocycles. The van der Waals surface area contributed by atoms with Gasteiger partial charge in [-0.3, -0.25) is 9.59 Å². The number of carbonyl (C=O) groups is 2. The summed E-state index contributed by atoms with van der Waals surface area (Å²) in [7, 11) is 0. The van der Waals surface area contributed by atoms with Gasteiger partial charge in [0.15, 0.2) is 6.61 Å². The quantitative estimate of drug-likeness (QED) is 0.515. The first kappa shape index (κ1) is 21.8. The zero-order chi connectivity index (χ0) is 22.3. The normalized spacial score (nSPS) is 17.6. The number of halogens is 1. The molecule has 9 heteroatoms. The highest BCUT2D eigenvalue weighted by molar-refractivity contribution is 8.26. The Balaban J connectivity index is 1.68. The van der Waals surface area contributed by atoms with Gasteiger partial charge in [0, 0.05) is 10.6 Å². The van der Waals surface area contributed by atoms with Crippen LogP contribution in [0.2, 0.25) is 5.02 Å². The molecule has 2 amide bonds. The van der Waals surface area contributed by atoms with Gasteiger partial charge in [0.1, 0.15) is 10.1 Å². The number of aliphatic hydroxyl groups is 1. The van der Waals surface area contributed by atoms with Crippen LogP contribution >= 0.6 is 35.6 Å². The molecule has 0 unspecified atom stereocenters. The number of thioether (sulfide) groups is 1. The topological polar surface area (TPSA) is 78.9 Å². The number of amides is 2. The molecular formula is C22H19ClN2O4S2. The maximum Gasteiger partial charge on any atom is 0.265 e. The van der Waals surface area contributed by atoms with Crippen molar-refractivity contribution in [3.63, 3.8) is 0 Å². The van der Waals surface area contributed by atoms with Gasteiger partial charge in [-0.25, -0.2) is 0 Å². The predicted molar refractivity (Wildman–Crippen MR) is 126 cm³/mol. The van der Waals surface area contributed by atoms with Gasteiger partial charge in [-0.15, -0.1) is 0 Å². The van der Waals surface area contributed by atoms with Gasteiger partial charge in [0.2, 0.25) is 0 Å². The number of hydrogen-bond donors (Lipinski definition) is 2. The number of benzene rings is 2. The molecule has 2 aliphatic rings. The molecule has 0 radical (unpaired) electrons. The zero-order valence-corrected chi connectivity index (χ0v) is 19.2. The molecule has 0 aromatic heterocycles. The molecule has 31 heavy (non-hydrogen) atoms. The number of rotatable bonds is 4. The molecule has 0 bridgehead atoms. The monoisotopic (exact) mass is 474 g/mol. The van der Waals surface area contributed by atoms with E-state index in [4.69, 9.17) is 28.6 Å². The van der Waals surface area contributed by atoms with Crippen LogP contribution in [0.3, 0.4) is 0 Å². The number of fused-ring (bicyclic) bond motifs is 1. The highest BCUT2D eigenvalue weighted by Crippen LogP contribution is 2.36. The van der Waals surface area contributed by atoms with Crippen molar-refractivity contribution in [2.45, 2.75) is 26.0 Å². The highest BCUT2D eigenvalue weighted by Gasteiger charge is 2.28. The average Bonchev–Trinajstić information content (AvgIpc) is 3.01. The number of hydrogen-bond acceptors (Lipinski definition) is 6. The maximum atomic E-state index is 12.7. The van der Waals surface area contributed by atoms with Crippen molar-refractivity contribution in [1.29, 1.82) is 0 Å². The molecule has 2 aromatic rings. The molecule has 6 nitrogen and oxygen atoms in total. The summed E-state index contributed by atoms with van der Waals surface area (Å²) in [6, 6.07) is 10.8. The van der Waals surface area contributed by atoms with Gasteiger partial charge in [0.25, 0.3) is 11.8 Å². The maximum absolute atomic E-state index is 12.7. The van der Waals surface area contributed by atoms with Crippen LogP contribution in [0.25, 0.3) is 6.08 Å². The minimum absolute atomic E-state index is 0.0636. The Hall–Kier alpha value is -2.39. The van der Waals surface area contributed by atoms with E-state index in [1.165, 1.54) is 11.8 Å². The number of nitrogens with one attached hydrogen (secondary N) is 1. The molecule has 1 fully saturated rings. The third-order valence-electron chi connectivity index (χ3n) is 4.90. The Morgan fingerprint density at radius 3 is 2.74 bits per heavy atom. The minimum Gasteiger partial charge on any atom is -0.482 e. The fourth-order valence-corrected chi connectivity index (χ4v) is 4.77. The van der Waals surface area contributed by atoms with Crippen LogP contribution in [0, 0.1) is 0 Å². The van der Waals surface area contributed by atoms with E-state index >= 15 is 0 Å². The van der Waals surface area contributed by atoms with E-state index < -0.39 is 5.60 Å². The number of ether oxygens (including phenoxy) is 1. The van der Waals surface area contributed by atoms with Gasteiger partial charge in [-0.05, 0) is 55.3 Å². The summed E-state index contributed by atoms with van der Waals surface area (Å²) in [5.74, 6) is 0.154. The van der Waals surface area contributed by atoms with E-state index in [0.29, 0.717) is 31.2 Å². The third kappa shape index (κ3) is 4.62. The van der Waals surface area contributed by atoms with Crippen molar-refractivity contribution in [1.82, 2.24) is 5.32 Å². The number of thiocarbonyl (C=S) groups is 1. The summed E-state index contributed by atoms with van der Waals surface area (Å²) in [5.41, 5.74) is 1.65. The lowest BCUT2D eigenvalue weighted by Crippen LogP contribution is -2.38. The molecule has 2 aliphatic heterocycles. The Labute approximate surface area is 194 Å². The molecule has 0 atom stereocenters. The van der Waals surface area contributed by atoms with Crippen LogP contribution in [0.15, 0.2) is 41.3 Å². The fraction of sp³-hybridized carbons (Fsp3) is 0.227. The smallest absolute Gasteiger partial charge is 0.265 e. The SMILES string of the molecule is CC(C)(O)c1cc(CN2C(=O)COc3ccc(C=C4SC(=S)NC4=O)cc32)ccc1Cl. The fourth-order valence-electron chi connectivity index (χ4n) is 3.38. The first-order valence-electron chi connectivity index (χ1n) is 9.45. The summed E-state index contributed by atoms with van der Waals surface area (Å²) in [5, 5.41) is 13.4. The second-order valence-corrected chi connectivity index (χ2v) is 9.85. The predicted octanol–water partition coefficient (Wildman–Crippen LogP) is 3.98. The molecule has 2 heterocycles. The van der Waals surface area contributed by atoms with E-state index in [0.717, 1.165) is 11.1 Å². The molecular weight excluding hydrogens is 456 g/mol. The van der Waals surface area contributed by atoms with Gasteiger partial charge < -0.3 is 20.1 Å². The lowest BCUT2D eigenvalue weighted by Gasteiger charge is -2.30. The first-order chi connectivity index (χ1) is 14.6. The second kappa shape index (κ2) is 8.27. The summed E-state index contributed by atoms with van der Waals surface area (Å²) in [6.45, 7) is 3.55.